The van der Waals surface area contributed by atoms with Gasteiger partial charge in [-0.05, 0) is 70.5 Å². The van der Waals surface area contributed by atoms with Crippen LogP contribution in [-0.2, 0) is 24.5 Å². The molecule has 14 heteroatoms. The molecule has 0 radical (unpaired) electrons. The Bertz CT molecular complexity index is 1590. The fourth-order valence-electron chi connectivity index (χ4n) is 5.09. The van der Waals surface area contributed by atoms with Crippen LogP contribution in [0, 0.1) is 23.1 Å². The number of nitrogens with one attached hydrogen (secondary N) is 1. The fraction of sp³-hybridized carbons (Fsp3) is 0.500. The number of aliphatic imine (C=N–C) groups is 1. The van der Waals surface area contributed by atoms with Gasteiger partial charge in [0.25, 0.3) is 5.91 Å². The molecule has 1 aromatic carbocycles. The number of anilines is 1. The van der Waals surface area contributed by atoms with E-state index in [1.54, 1.807) is 27.7 Å². The van der Waals surface area contributed by atoms with Gasteiger partial charge in [0.2, 0.25) is 0 Å². The van der Waals surface area contributed by atoms with Crippen LogP contribution in [0.4, 0.5) is 14.9 Å². The summed E-state index contributed by atoms with van der Waals surface area (Å²) < 4.78 is 31.4. The summed E-state index contributed by atoms with van der Waals surface area (Å²) in [6.45, 7) is 13.8. The minimum Gasteiger partial charge on any atom is -0.468 e. The Labute approximate surface area is 273 Å². The number of fused-ring (bicyclic) bond motifs is 1. The van der Waals surface area contributed by atoms with Gasteiger partial charge in [-0.3, -0.25) is 14.6 Å². The molecule has 1 aliphatic heterocycles. The van der Waals surface area contributed by atoms with E-state index in [4.69, 9.17) is 24.5 Å². The highest BCUT2D eigenvalue weighted by atomic mass is 32.2. The summed E-state index contributed by atoms with van der Waals surface area (Å²) in [5, 5.41) is 11.9. The number of nitrogens with zero attached hydrogens (tertiary/aromatic N) is 4. The summed E-state index contributed by atoms with van der Waals surface area (Å²) in [5.74, 6) is -2.15. The van der Waals surface area contributed by atoms with Crippen LogP contribution in [0.3, 0.4) is 0 Å². The van der Waals surface area contributed by atoms with Crippen molar-refractivity contribution >= 4 is 48.7 Å². The number of thioether (sulfide) groups is 1. The standard InChI is InChI=1S/C32H40FN5O6SSi/c1-30(2,3)44-29(41)38(19-43-13-14-46(6,7)8)28-37-31(4,25-16-32(25,45-28)27(40)42-5)22-15-21(10-11-23(22)33)36-26(39)24-12-9-20(17-34)18-35-24/h9-12,15,18,25H,13-14,16,19H2,1-8H3,(H,36,39)/t25?,31-,32+/m1/s1. The highest BCUT2D eigenvalue weighted by molar-refractivity contribution is 8.15. The molecule has 0 bridgehead atoms. The van der Waals surface area contributed by atoms with Gasteiger partial charge < -0.3 is 19.5 Å². The minimum atomic E-state index is -1.43. The van der Waals surface area contributed by atoms with E-state index in [9.17, 15) is 14.4 Å². The third-order valence-electron chi connectivity index (χ3n) is 7.68. The summed E-state index contributed by atoms with van der Waals surface area (Å²) in [4.78, 5) is 49.9. The topological polar surface area (TPSA) is 143 Å². The maximum absolute atomic E-state index is 15.7. The number of esters is 1. The first-order chi connectivity index (χ1) is 21.4. The van der Waals surface area contributed by atoms with E-state index in [0.29, 0.717) is 18.6 Å². The molecular weight excluding hydrogens is 630 g/mol. The molecule has 0 saturated heterocycles. The lowest BCUT2D eigenvalue weighted by molar-refractivity contribution is -0.141. The molecule has 246 valence electrons. The van der Waals surface area contributed by atoms with Crippen molar-refractivity contribution in [3.05, 3.63) is 59.2 Å². The van der Waals surface area contributed by atoms with Gasteiger partial charge in [0.1, 0.15) is 34.7 Å². The molecule has 1 unspecified atom stereocenters. The van der Waals surface area contributed by atoms with Crippen molar-refractivity contribution < 1.29 is 33.0 Å². The number of carbonyl (C=O) groups excluding carboxylic acids is 3. The molecule has 2 aromatic rings. The molecule has 2 heterocycles. The van der Waals surface area contributed by atoms with Gasteiger partial charge in [0, 0.05) is 38.0 Å². The summed E-state index contributed by atoms with van der Waals surface area (Å²) in [7, 11) is -0.145. The Kier molecular flexibility index (Phi) is 10.0. The third-order valence-corrected chi connectivity index (χ3v) is 10.9. The number of rotatable bonds is 9. The van der Waals surface area contributed by atoms with Crippen molar-refractivity contribution in [2.75, 3.05) is 25.8 Å². The maximum Gasteiger partial charge on any atom is 0.418 e. The number of hydrogen-bond donors (Lipinski definition) is 1. The molecule has 11 nitrogen and oxygen atoms in total. The van der Waals surface area contributed by atoms with Crippen LogP contribution in [0.2, 0.25) is 25.7 Å². The maximum atomic E-state index is 15.7. The van der Waals surface area contributed by atoms with E-state index in [1.165, 1.54) is 48.5 Å². The number of aromatic nitrogens is 1. The first kappa shape index (κ1) is 35.1. The number of nitriles is 1. The second kappa shape index (κ2) is 13.1. The van der Waals surface area contributed by atoms with Crippen molar-refractivity contribution in [3.8, 4) is 6.07 Å². The Morgan fingerprint density at radius 1 is 1.22 bits per heavy atom. The molecule has 4 rings (SSSR count). The van der Waals surface area contributed by atoms with Gasteiger partial charge in [-0.15, -0.1) is 0 Å². The van der Waals surface area contributed by atoms with Crippen LogP contribution >= 0.6 is 11.8 Å². The predicted octanol–water partition coefficient (Wildman–Crippen LogP) is 6.14. The first-order valence-corrected chi connectivity index (χ1v) is 19.4. The van der Waals surface area contributed by atoms with E-state index in [2.05, 4.69) is 29.9 Å². The summed E-state index contributed by atoms with van der Waals surface area (Å²) in [6, 6.07) is 9.79. The summed E-state index contributed by atoms with van der Waals surface area (Å²) >= 11 is 1.09. The lowest BCUT2D eigenvalue weighted by Crippen LogP contribution is -2.47. The molecule has 1 N–H and O–H groups in total. The molecule has 46 heavy (non-hydrogen) atoms. The lowest BCUT2D eigenvalue weighted by Gasteiger charge is -2.37. The fourth-order valence-corrected chi connectivity index (χ4v) is 7.44. The van der Waals surface area contributed by atoms with Gasteiger partial charge in [-0.25, -0.2) is 19.1 Å². The van der Waals surface area contributed by atoms with Crippen molar-refractivity contribution in [2.45, 2.75) is 75.7 Å². The minimum absolute atomic E-state index is 0.0690. The van der Waals surface area contributed by atoms with Gasteiger partial charge in [0.15, 0.2) is 5.17 Å². The average molecular weight is 670 g/mol. The quantitative estimate of drug-likeness (QED) is 0.144. The second-order valence-corrected chi connectivity index (χ2v) is 20.6. The van der Waals surface area contributed by atoms with Crippen LogP contribution in [-0.4, -0.2) is 71.9 Å². The van der Waals surface area contributed by atoms with Gasteiger partial charge in [-0.1, -0.05) is 31.4 Å². The van der Waals surface area contributed by atoms with Crippen molar-refractivity contribution in [1.82, 2.24) is 9.88 Å². The Balaban J connectivity index is 1.73. The molecule has 1 fully saturated rings. The highest BCUT2D eigenvalue weighted by Crippen LogP contribution is 2.67. The molecule has 1 saturated carbocycles. The molecule has 2 amide bonds. The number of amidine groups is 1. The molecular formula is C32H40FN5O6SSi. The lowest BCUT2D eigenvalue weighted by atomic mass is 9.85. The third kappa shape index (κ3) is 7.76. The van der Waals surface area contributed by atoms with Crippen LogP contribution < -0.4 is 5.32 Å². The summed E-state index contributed by atoms with van der Waals surface area (Å²) in [6.07, 6.45) is 0.884. The number of hydrogen-bond acceptors (Lipinski definition) is 10. The van der Waals surface area contributed by atoms with E-state index < -0.39 is 53.7 Å². The first-order valence-electron chi connectivity index (χ1n) is 14.9. The largest absolute Gasteiger partial charge is 0.468 e. The number of pyridine rings is 1. The van der Waals surface area contributed by atoms with E-state index >= 15 is 4.39 Å². The Morgan fingerprint density at radius 2 is 1.93 bits per heavy atom. The van der Waals surface area contributed by atoms with Crippen LogP contribution in [0.5, 0.6) is 0 Å². The molecule has 1 aromatic heterocycles. The van der Waals surface area contributed by atoms with Crippen LogP contribution in [0.15, 0.2) is 41.5 Å². The van der Waals surface area contributed by atoms with Gasteiger partial charge >= 0.3 is 12.1 Å². The van der Waals surface area contributed by atoms with Gasteiger partial charge in [-0.2, -0.15) is 5.26 Å². The molecule has 3 atom stereocenters. The SMILES string of the molecule is COC(=O)[C@]12CC1[C@@](C)(c1cc(NC(=O)c3ccc(C#N)cn3)ccc1F)N=C(N(COCC[Si](C)(C)C)C(=O)OC(C)(C)C)S2. The number of carbonyl (C=O) groups is 3. The zero-order valence-corrected chi connectivity index (χ0v) is 29.2. The predicted molar refractivity (Wildman–Crippen MR) is 176 cm³/mol. The zero-order chi connectivity index (χ0) is 34.1. The van der Waals surface area contributed by atoms with Crippen molar-refractivity contribution in [3.63, 3.8) is 0 Å². The normalized spacial score (nSPS) is 22.1. The van der Waals surface area contributed by atoms with E-state index in [-0.39, 0.29) is 28.8 Å². The molecule has 1 aliphatic carbocycles. The highest BCUT2D eigenvalue weighted by Gasteiger charge is 2.72. The smallest absolute Gasteiger partial charge is 0.418 e. The van der Waals surface area contributed by atoms with Crippen LogP contribution in [0.1, 0.15) is 55.7 Å². The Morgan fingerprint density at radius 3 is 2.52 bits per heavy atom. The number of benzene rings is 1. The average Bonchev–Trinajstić information content (AvgIpc) is 3.73. The number of amides is 2. The summed E-state index contributed by atoms with van der Waals surface area (Å²) in [5.41, 5.74) is -1.41. The monoisotopic (exact) mass is 669 g/mol. The van der Waals surface area contributed by atoms with Crippen molar-refractivity contribution in [2.24, 2.45) is 10.9 Å². The van der Waals surface area contributed by atoms with Crippen molar-refractivity contribution in [1.29, 1.82) is 5.26 Å². The Hall–Kier alpha value is -3.80. The number of methoxy groups -OCH3 is 1. The van der Waals surface area contributed by atoms with Crippen LogP contribution in [0.25, 0.3) is 0 Å². The van der Waals surface area contributed by atoms with Gasteiger partial charge in [0.05, 0.1) is 18.2 Å². The second-order valence-electron chi connectivity index (χ2n) is 13.7. The molecule has 2 aliphatic rings. The zero-order valence-electron chi connectivity index (χ0n) is 27.4. The number of halogens is 1. The molecule has 0 spiro atoms. The number of ether oxygens (including phenoxy) is 3. The van der Waals surface area contributed by atoms with E-state index in [0.717, 1.165) is 17.8 Å². The van der Waals surface area contributed by atoms with E-state index in [1.807, 2.05) is 6.07 Å².